The summed E-state index contributed by atoms with van der Waals surface area (Å²) in [6, 6.07) is 5.29. The van der Waals surface area contributed by atoms with Crippen LogP contribution in [-0.2, 0) is 0 Å². The van der Waals surface area contributed by atoms with E-state index in [1.807, 2.05) is 0 Å². The lowest BCUT2D eigenvalue weighted by Crippen LogP contribution is -2.22. The van der Waals surface area contributed by atoms with E-state index in [0.29, 0.717) is 34.3 Å². The van der Waals surface area contributed by atoms with Crippen LogP contribution < -0.4 is 11.1 Å². The van der Waals surface area contributed by atoms with Crippen molar-refractivity contribution in [1.82, 2.24) is 20.2 Å². The number of nitrogens with zero attached hydrogens (tertiary/aromatic N) is 3. The van der Waals surface area contributed by atoms with Crippen molar-refractivity contribution < 1.29 is 4.39 Å². The van der Waals surface area contributed by atoms with Gasteiger partial charge in [-0.05, 0) is 32.0 Å². The van der Waals surface area contributed by atoms with Crippen LogP contribution in [-0.4, -0.2) is 33.3 Å². The summed E-state index contributed by atoms with van der Waals surface area (Å²) in [5.41, 5.74) is 6.32. The van der Waals surface area contributed by atoms with Gasteiger partial charge in [0.2, 0.25) is 5.65 Å². The lowest BCUT2D eigenvalue weighted by molar-refractivity contribution is 0.462. The number of hydrogen-bond donors (Lipinski definition) is 3. The molecule has 0 aliphatic heterocycles. The van der Waals surface area contributed by atoms with Crippen molar-refractivity contribution in [3.63, 3.8) is 0 Å². The lowest BCUT2D eigenvalue weighted by atomic mass is 9.96. The predicted molar refractivity (Wildman–Crippen MR) is 103 cm³/mol. The third kappa shape index (κ3) is 3.78. The molecule has 1 aromatic carbocycles. The molecule has 8 heteroatoms. The molecule has 1 aliphatic rings. The topological polar surface area (TPSA) is 92.5 Å². The highest BCUT2D eigenvalue weighted by Crippen LogP contribution is 2.30. The Balaban J connectivity index is 0.000000948. The molecule has 1 fully saturated rings. The fourth-order valence-electron chi connectivity index (χ4n) is 3.21. The Morgan fingerprint density at radius 3 is 2.77 bits per heavy atom. The van der Waals surface area contributed by atoms with E-state index >= 15 is 0 Å². The fraction of sp³-hybridized carbons (Fsp3) is 0.389. The first-order chi connectivity index (χ1) is 12.7. The van der Waals surface area contributed by atoms with Gasteiger partial charge in [-0.3, -0.25) is 5.10 Å². The number of nitrogens with one attached hydrogen (secondary N) is 2. The Morgan fingerprint density at radius 2 is 2.00 bits per heavy atom. The molecule has 0 radical (unpaired) electrons. The predicted octanol–water partition coefficient (Wildman–Crippen LogP) is 4.13. The minimum Gasteiger partial charge on any atom is -0.366 e. The van der Waals surface area contributed by atoms with Gasteiger partial charge in [0.25, 0.3) is 0 Å². The van der Waals surface area contributed by atoms with E-state index in [9.17, 15) is 4.39 Å². The van der Waals surface area contributed by atoms with Gasteiger partial charge in [0.1, 0.15) is 11.3 Å². The van der Waals surface area contributed by atoms with Gasteiger partial charge in [0.15, 0.2) is 5.82 Å². The van der Waals surface area contributed by atoms with E-state index in [4.69, 9.17) is 11.6 Å². The Labute approximate surface area is 156 Å². The summed E-state index contributed by atoms with van der Waals surface area (Å²) in [6.07, 6.45) is 7.77. The number of halogens is 2. The summed E-state index contributed by atoms with van der Waals surface area (Å²) in [7, 11) is 1.50. The van der Waals surface area contributed by atoms with Crippen LogP contribution in [0.4, 0.5) is 10.2 Å². The molecule has 0 bridgehead atoms. The average Bonchev–Trinajstić information content (AvgIpc) is 3.09. The van der Waals surface area contributed by atoms with Crippen LogP contribution in [0.3, 0.4) is 0 Å². The molecule has 4 rings (SSSR count). The Hall–Kier alpha value is -2.25. The Kier molecular flexibility index (Phi) is 6.00. The summed E-state index contributed by atoms with van der Waals surface area (Å²) in [5, 5.41) is 10.5. The zero-order valence-electron chi connectivity index (χ0n) is 14.6. The zero-order chi connectivity index (χ0) is 18.5. The third-order valence-electron chi connectivity index (χ3n) is 4.44. The Bertz CT molecular complexity index is 875. The van der Waals surface area contributed by atoms with E-state index in [0.717, 1.165) is 12.8 Å². The normalized spacial score (nSPS) is 14.8. The summed E-state index contributed by atoms with van der Waals surface area (Å²) in [5.74, 6) is 0.218. The molecule has 0 saturated heterocycles. The maximum atomic E-state index is 14.2. The second kappa shape index (κ2) is 8.42. The van der Waals surface area contributed by atoms with Crippen molar-refractivity contribution in [3.8, 4) is 11.3 Å². The van der Waals surface area contributed by atoms with Gasteiger partial charge in [-0.1, -0.05) is 36.9 Å². The molecule has 1 aliphatic carbocycles. The standard InChI is InChI=1S/C17H17ClFN5.CH5N/c18-12-8-4-7-11(14(12)19)15-16-17(24-23-15)22-13(9-20-16)21-10-5-2-1-3-6-10;1-2/h4,7-10H,1-3,5-6H2,(H2,21,22,23,24);2H2,1H3. The minimum absolute atomic E-state index is 0.0683. The number of H-pyrrole nitrogens is 1. The summed E-state index contributed by atoms with van der Waals surface area (Å²) >= 11 is 5.86. The quantitative estimate of drug-likeness (QED) is 0.639. The van der Waals surface area contributed by atoms with E-state index in [2.05, 4.69) is 31.2 Å². The third-order valence-corrected chi connectivity index (χ3v) is 4.73. The van der Waals surface area contributed by atoms with Crippen LogP contribution in [0.1, 0.15) is 32.1 Å². The molecule has 6 nitrogen and oxygen atoms in total. The highest BCUT2D eigenvalue weighted by molar-refractivity contribution is 6.31. The van der Waals surface area contributed by atoms with Crippen LogP contribution in [0.2, 0.25) is 5.02 Å². The Morgan fingerprint density at radius 1 is 1.23 bits per heavy atom. The molecule has 1 saturated carbocycles. The molecular weight excluding hydrogens is 355 g/mol. The first-order valence-corrected chi connectivity index (χ1v) is 9.10. The molecule has 2 heterocycles. The number of nitrogens with two attached hydrogens (primary N) is 1. The number of benzene rings is 1. The highest BCUT2D eigenvalue weighted by atomic mass is 35.5. The number of hydrogen-bond acceptors (Lipinski definition) is 5. The van der Waals surface area contributed by atoms with Gasteiger partial charge < -0.3 is 11.1 Å². The molecular formula is C18H22ClFN6. The molecule has 0 spiro atoms. The number of aromatic nitrogens is 4. The number of rotatable bonds is 3. The van der Waals surface area contributed by atoms with E-state index < -0.39 is 5.82 Å². The second-order valence-corrected chi connectivity index (χ2v) is 6.51. The van der Waals surface area contributed by atoms with Gasteiger partial charge in [-0.25, -0.2) is 14.4 Å². The number of anilines is 1. The molecule has 138 valence electrons. The second-order valence-electron chi connectivity index (χ2n) is 6.11. The largest absolute Gasteiger partial charge is 0.366 e. The molecule has 4 N–H and O–H groups in total. The van der Waals surface area contributed by atoms with Crippen molar-refractivity contribution in [3.05, 3.63) is 35.2 Å². The summed E-state index contributed by atoms with van der Waals surface area (Å²) in [4.78, 5) is 8.92. The first-order valence-electron chi connectivity index (χ1n) is 8.72. The van der Waals surface area contributed by atoms with Crippen molar-refractivity contribution in [1.29, 1.82) is 0 Å². The molecule has 2 aromatic heterocycles. The fourth-order valence-corrected chi connectivity index (χ4v) is 3.38. The van der Waals surface area contributed by atoms with Crippen LogP contribution in [0, 0.1) is 5.82 Å². The molecule has 0 atom stereocenters. The summed E-state index contributed by atoms with van der Waals surface area (Å²) < 4.78 is 14.2. The SMILES string of the molecule is CN.Fc1c(Cl)cccc1-c1[nH]nc2nc(NC3CCCCC3)cnc12. The molecule has 0 amide bonds. The maximum absolute atomic E-state index is 14.2. The van der Waals surface area contributed by atoms with Crippen molar-refractivity contribution in [2.45, 2.75) is 38.1 Å². The summed E-state index contributed by atoms with van der Waals surface area (Å²) in [6.45, 7) is 0. The van der Waals surface area contributed by atoms with E-state index in [1.54, 1.807) is 18.3 Å². The van der Waals surface area contributed by atoms with Gasteiger partial charge in [0.05, 0.1) is 16.9 Å². The van der Waals surface area contributed by atoms with E-state index in [-0.39, 0.29) is 5.02 Å². The van der Waals surface area contributed by atoms with Gasteiger partial charge >= 0.3 is 0 Å². The van der Waals surface area contributed by atoms with Crippen molar-refractivity contribution >= 4 is 28.6 Å². The zero-order valence-corrected chi connectivity index (χ0v) is 15.4. The van der Waals surface area contributed by atoms with Crippen LogP contribution in [0.5, 0.6) is 0 Å². The average molecular weight is 377 g/mol. The van der Waals surface area contributed by atoms with Crippen molar-refractivity contribution in [2.75, 3.05) is 12.4 Å². The molecule has 3 aromatic rings. The van der Waals surface area contributed by atoms with Crippen LogP contribution in [0.25, 0.3) is 22.4 Å². The van der Waals surface area contributed by atoms with Crippen LogP contribution >= 0.6 is 11.6 Å². The minimum atomic E-state index is -0.490. The lowest BCUT2D eigenvalue weighted by Gasteiger charge is -2.22. The van der Waals surface area contributed by atoms with Gasteiger partial charge in [0, 0.05) is 11.6 Å². The van der Waals surface area contributed by atoms with Crippen LogP contribution in [0.15, 0.2) is 24.4 Å². The highest BCUT2D eigenvalue weighted by Gasteiger charge is 2.18. The number of fused-ring (bicyclic) bond motifs is 1. The smallest absolute Gasteiger partial charge is 0.202 e. The van der Waals surface area contributed by atoms with E-state index in [1.165, 1.54) is 32.4 Å². The number of aromatic amines is 1. The van der Waals surface area contributed by atoms with Gasteiger partial charge in [-0.2, -0.15) is 5.10 Å². The molecule has 0 unspecified atom stereocenters. The van der Waals surface area contributed by atoms with Gasteiger partial charge in [-0.15, -0.1) is 0 Å². The monoisotopic (exact) mass is 376 g/mol. The molecule has 26 heavy (non-hydrogen) atoms. The van der Waals surface area contributed by atoms with Crippen molar-refractivity contribution in [2.24, 2.45) is 5.73 Å². The maximum Gasteiger partial charge on any atom is 0.202 e. The first kappa shape index (κ1) is 18.5.